The summed E-state index contributed by atoms with van der Waals surface area (Å²) in [7, 11) is 0. The van der Waals surface area contributed by atoms with Crippen molar-refractivity contribution < 1.29 is 32.5 Å². The molecule has 0 fully saturated rings. The largest absolute Gasteiger partial charge is 0.494 e. The number of carboxylic acid groups (broad SMARTS) is 1. The molecule has 0 aliphatic rings. The third-order valence-corrected chi connectivity index (χ3v) is 2.30. The number of carbonyl (C=O) groups is 1. The highest BCUT2D eigenvalue weighted by atomic mass is 19.4. The Morgan fingerprint density at radius 3 is 2.25 bits per heavy atom. The topological polar surface area (TPSA) is 55.8 Å². The molecule has 0 aliphatic carbocycles. The van der Waals surface area contributed by atoms with Crippen LogP contribution in [0.5, 0.6) is 11.5 Å². The van der Waals surface area contributed by atoms with Crippen LogP contribution < -0.4 is 9.47 Å². The summed E-state index contributed by atoms with van der Waals surface area (Å²) in [6, 6.07) is 5.57. The minimum atomic E-state index is -4.74. The van der Waals surface area contributed by atoms with Crippen LogP contribution in [0.15, 0.2) is 24.3 Å². The first-order chi connectivity index (χ1) is 9.32. The van der Waals surface area contributed by atoms with Gasteiger partial charge >= 0.3 is 12.1 Å². The monoisotopic (exact) mass is 292 g/mol. The number of benzene rings is 1. The second-order valence-electron chi connectivity index (χ2n) is 4.07. The van der Waals surface area contributed by atoms with Gasteiger partial charge in [-0.15, -0.1) is 0 Å². The van der Waals surface area contributed by atoms with Crippen LogP contribution in [-0.2, 0) is 4.79 Å². The number of halogens is 3. The van der Waals surface area contributed by atoms with Crippen molar-refractivity contribution in [3.8, 4) is 11.5 Å². The van der Waals surface area contributed by atoms with Crippen molar-refractivity contribution in [2.75, 3.05) is 6.61 Å². The summed E-state index contributed by atoms with van der Waals surface area (Å²) in [6.07, 6.45) is -7.44. The fourth-order valence-electron chi connectivity index (χ4n) is 1.38. The van der Waals surface area contributed by atoms with Crippen LogP contribution in [0, 0.1) is 0 Å². The van der Waals surface area contributed by atoms with Gasteiger partial charge in [0.2, 0.25) is 6.10 Å². The van der Waals surface area contributed by atoms with Crippen LogP contribution in [-0.4, -0.2) is 30.0 Å². The van der Waals surface area contributed by atoms with Crippen molar-refractivity contribution in [1.29, 1.82) is 0 Å². The Morgan fingerprint density at radius 1 is 1.25 bits per heavy atom. The van der Waals surface area contributed by atoms with E-state index in [1.807, 2.05) is 6.92 Å². The van der Waals surface area contributed by atoms with E-state index in [-0.39, 0.29) is 5.75 Å². The molecule has 0 heterocycles. The van der Waals surface area contributed by atoms with Crippen molar-refractivity contribution in [3.63, 3.8) is 0 Å². The second-order valence-corrected chi connectivity index (χ2v) is 4.07. The van der Waals surface area contributed by atoms with Gasteiger partial charge in [0.15, 0.2) is 0 Å². The molecule has 20 heavy (non-hydrogen) atoms. The lowest BCUT2D eigenvalue weighted by Crippen LogP contribution is -2.36. The Morgan fingerprint density at radius 2 is 1.80 bits per heavy atom. The molecule has 0 aliphatic heterocycles. The molecule has 1 atom stereocenters. The Hall–Kier alpha value is -1.92. The maximum atomic E-state index is 12.6. The lowest BCUT2D eigenvalue weighted by molar-refractivity contribution is -0.200. The van der Waals surface area contributed by atoms with Gasteiger partial charge in [-0.05, 0) is 30.7 Å². The van der Waals surface area contributed by atoms with Gasteiger partial charge in [0.1, 0.15) is 11.5 Å². The van der Waals surface area contributed by atoms with E-state index >= 15 is 0 Å². The van der Waals surface area contributed by atoms with Gasteiger partial charge in [0, 0.05) is 0 Å². The number of rotatable bonds is 7. The number of carboxylic acids is 1. The molecule has 0 spiro atoms. The van der Waals surface area contributed by atoms with Crippen molar-refractivity contribution >= 4 is 5.97 Å². The van der Waals surface area contributed by atoms with Gasteiger partial charge in [-0.2, -0.15) is 13.2 Å². The SMILES string of the molecule is CCCOc1ccc(OC(CC(=O)O)C(F)(F)F)cc1. The molecule has 1 aromatic rings. The Labute approximate surface area is 114 Å². The van der Waals surface area contributed by atoms with E-state index in [1.165, 1.54) is 24.3 Å². The molecular formula is C13H15F3O4. The van der Waals surface area contributed by atoms with Crippen molar-refractivity contribution in [1.82, 2.24) is 0 Å². The fourth-order valence-corrected chi connectivity index (χ4v) is 1.38. The van der Waals surface area contributed by atoms with Crippen LogP contribution in [0.2, 0.25) is 0 Å². The van der Waals surface area contributed by atoms with Crippen LogP contribution in [0.3, 0.4) is 0 Å². The summed E-state index contributed by atoms with van der Waals surface area (Å²) in [5, 5.41) is 8.47. The molecule has 7 heteroatoms. The normalized spacial score (nSPS) is 12.8. The van der Waals surface area contributed by atoms with Crippen LogP contribution in [0.1, 0.15) is 19.8 Å². The molecule has 1 aromatic carbocycles. The van der Waals surface area contributed by atoms with E-state index in [0.717, 1.165) is 6.42 Å². The first-order valence-corrected chi connectivity index (χ1v) is 6.01. The molecule has 4 nitrogen and oxygen atoms in total. The zero-order valence-electron chi connectivity index (χ0n) is 10.8. The van der Waals surface area contributed by atoms with Gasteiger partial charge in [-0.3, -0.25) is 4.79 Å². The molecule has 0 radical (unpaired) electrons. The minimum absolute atomic E-state index is 0.0579. The predicted molar refractivity (Wildman–Crippen MR) is 65.0 cm³/mol. The number of ether oxygens (including phenoxy) is 2. The summed E-state index contributed by atoms with van der Waals surface area (Å²) in [4.78, 5) is 10.4. The Balaban J connectivity index is 2.71. The molecule has 0 saturated carbocycles. The maximum absolute atomic E-state index is 12.6. The molecule has 0 saturated heterocycles. The van der Waals surface area contributed by atoms with Crippen molar-refractivity contribution in [2.45, 2.75) is 32.0 Å². The van der Waals surface area contributed by atoms with Gasteiger partial charge in [-0.25, -0.2) is 0 Å². The van der Waals surface area contributed by atoms with Gasteiger partial charge < -0.3 is 14.6 Å². The minimum Gasteiger partial charge on any atom is -0.494 e. The number of hydrogen-bond donors (Lipinski definition) is 1. The van der Waals surface area contributed by atoms with Gasteiger partial charge in [0.25, 0.3) is 0 Å². The van der Waals surface area contributed by atoms with E-state index in [4.69, 9.17) is 9.84 Å². The molecule has 0 amide bonds. The molecule has 0 bridgehead atoms. The first-order valence-electron chi connectivity index (χ1n) is 6.01. The second kappa shape index (κ2) is 7.02. The number of alkyl halides is 3. The zero-order valence-corrected chi connectivity index (χ0v) is 10.8. The van der Waals surface area contributed by atoms with Crippen LogP contribution >= 0.6 is 0 Å². The Bertz CT molecular complexity index is 428. The highest BCUT2D eigenvalue weighted by Crippen LogP contribution is 2.28. The maximum Gasteiger partial charge on any atom is 0.425 e. The molecule has 112 valence electrons. The van der Waals surface area contributed by atoms with Gasteiger partial charge in [-0.1, -0.05) is 6.92 Å². The summed E-state index contributed by atoms with van der Waals surface area (Å²) in [5.74, 6) is -1.12. The summed E-state index contributed by atoms with van der Waals surface area (Å²) in [6.45, 7) is 2.43. The molecule has 0 aromatic heterocycles. The average molecular weight is 292 g/mol. The van der Waals surface area contributed by atoms with Crippen molar-refractivity contribution in [3.05, 3.63) is 24.3 Å². The number of aliphatic carboxylic acids is 1. The van der Waals surface area contributed by atoms with E-state index in [9.17, 15) is 18.0 Å². The highest BCUT2D eigenvalue weighted by Gasteiger charge is 2.43. The molecule has 1 rings (SSSR count). The van der Waals surface area contributed by atoms with Crippen LogP contribution in [0.4, 0.5) is 13.2 Å². The van der Waals surface area contributed by atoms with Crippen molar-refractivity contribution in [2.24, 2.45) is 0 Å². The van der Waals surface area contributed by atoms with Crippen LogP contribution in [0.25, 0.3) is 0 Å². The van der Waals surface area contributed by atoms with E-state index in [0.29, 0.717) is 12.4 Å². The summed E-state index contributed by atoms with van der Waals surface area (Å²) >= 11 is 0. The van der Waals surface area contributed by atoms with Gasteiger partial charge in [0.05, 0.1) is 13.0 Å². The quantitative estimate of drug-likeness (QED) is 0.838. The molecule has 1 N–H and O–H groups in total. The lowest BCUT2D eigenvalue weighted by Gasteiger charge is -2.20. The molecular weight excluding hydrogens is 277 g/mol. The van der Waals surface area contributed by atoms with E-state index < -0.39 is 24.7 Å². The molecule has 1 unspecified atom stereocenters. The average Bonchev–Trinajstić information content (AvgIpc) is 2.35. The lowest BCUT2D eigenvalue weighted by atomic mass is 10.2. The third kappa shape index (κ3) is 5.38. The van der Waals surface area contributed by atoms with E-state index in [2.05, 4.69) is 4.74 Å². The number of hydrogen-bond acceptors (Lipinski definition) is 3. The third-order valence-electron chi connectivity index (χ3n) is 2.30. The summed E-state index contributed by atoms with van der Waals surface area (Å²) < 4.78 is 47.8. The highest BCUT2D eigenvalue weighted by molar-refractivity contribution is 5.67. The smallest absolute Gasteiger partial charge is 0.425 e. The first kappa shape index (κ1) is 16.1. The predicted octanol–water partition coefficient (Wildman–Crippen LogP) is 3.26. The summed E-state index contributed by atoms with van der Waals surface area (Å²) in [5.41, 5.74) is 0. The Kier molecular flexibility index (Phi) is 5.66. The zero-order chi connectivity index (χ0) is 15.2. The van der Waals surface area contributed by atoms with E-state index in [1.54, 1.807) is 0 Å². The standard InChI is InChI=1S/C13H15F3O4/c1-2-7-19-9-3-5-10(6-4-9)20-11(8-12(17)18)13(14,15)16/h3-6,11H,2,7-8H2,1H3,(H,17,18). The fraction of sp³-hybridized carbons (Fsp3) is 0.462.